The molecule has 0 aliphatic carbocycles. The summed E-state index contributed by atoms with van der Waals surface area (Å²) in [4.78, 5) is 28.4. The molecule has 4 rings (SSSR count). The third-order valence-electron chi connectivity index (χ3n) is 4.94. The maximum atomic E-state index is 12.2. The van der Waals surface area contributed by atoms with Crippen molar-refractivity contribution in [2.75, 3.05) is 6.54 Å². The van der Waals surface area contributed by atoms with Crippen molar-refractivity contribution in [2.45, 2.75) is 31.3 Å². The highest BCUT2D eigenvalue weighted by Crippen LogP contribution is 2.22. The average molecular weight is 440 g/mol. The van der Waals surface area contributed by atoms with Gasteiger partial charge in [-0.3, -0.25) is 14.5 Å². The highest BCUT2D eigenvalue weighted by atomic mass is 32.2. The number of aryl methyl sites for hydroxylation is 1. The summed E-state index contributed by atoms with van der Waals surface area (Å²) >= 11 is 0. The Kier molecular flexibility index (Phi) is 5.60. The van der Waals surface area contributed by atoms with Crippen LogP contribution >= 0.6 is 0 Å². The van der Waals surface area contributed by atoms with E-state index < -0.39 is 21.6 Å². The van der Waals surface area contributed by atoms with Crippen LogP contribution < -0.4 is 10.3 Å². The number of sulfonamides is 1. The van der Waals surface area contributed by atoms with Crippen molar-refractivity contribution in [3.05, 3.63) is 75.6 Å². The van der Waals surface area contributed by atoms with Crippen LogP contribution in [0.15, 0.2) is 67.6 Å². The van der Waals surface area contributed by atoms with E-state index in [4.69, 9.17) is 9.15 Å². The molecule has 0 saturated heterocycles. The zero-order valence-corrected chi connectivity index (χ0v) is 17.6. The predicted octanol–water partition coefficient (Wildman–Crippen LogP) is 2.53. The Morgan fingerprint density at radius 3 is 2.77 bits per heavy atom. The first-order valence-electron chi connectivity index (χ1n) is 9.75. The number of amidine groups is 1. The van der Waals surface area contributed by atoms with Gasteiger partial charge in [-0.2, -0.15) is 0 Å². The molecular weight excluding hydrogens is 420 g/mol. The van der Waals surface area contributed by atoms with Crippen LogP contribution in [0.5, 0.6) is 0 Å². The molecule has 0 saturated carbocycles. The topological polar surface area (TPSA) is 115 Å². The number of fused-ring (bicyclic) bond motifs is 2. The summed E-state index contributed by atoms with van der Waals surface area (Å²) in [5.74, 6) is -0.299. The molecular formula is C22H20N2O6S. The first kappa shape index (κ1) is 20.8. The van der Waals surface area contributed by atoms with Gasteiger partial charge in [0.05, 0.1) is 17.9 Å². The first-order valence-corrected chi connectivity index (χ1v) is 11.2. The fourth-order valence-electron chi connectivity index (χ4n) is 3.35. The maximum Gasteiger partial charge on any atom is 0.336 e. The molecule has 1 aromatic heterocycles. The third kappa shape index (κ3) is 4.36. The maximum absolute atomic E-state index is 12.2. The van der Waals surface area contributed by atoms with E-state index in [1.807, 2.05) is 19.1 Å². The molecule has 0 radical (unpaired) electrons. The lowest BCUT2D eigenvalue weighted by Gasteiger charge is -2.08. The number of aliphatic imine (C=N–C) groups is 1. The second-order valence-electron chi connectivity index (χ2n) is 7.02. The average Bonchev–Trinajstić information content (AvgIpc) is 3.01. The van der Waals surface area contributed by atoms with Gasteiger partial charge in [0, 0.05) is 22.6 Å². The van der Waals surface area contributed by atoms with Crippen LogP contribution in [-0.4, -0.2) is 26.8 Å². The number of nitrogens with zero attached hydrogens (tertiary/aromatic N) is 1. The van der Waals surface area contributed by atoms with Crippen LogP contribution in [0.2, 0.25) is 0 Å². The van der Waals surface area contributed by atoms with Crippen molar-refractivity contribution >= 4 is 32.8 Å². The summed E-state index contributed by atoms with van der Waals surface area (Å²) in [6.07, 6.45) is 0.773. The van der Waals surface area contributed by atoms with E-state index >= 15 is 0 Å². The van der Waals surface area contributed by atoms with Gasteiger partial charge in [0.15, 0.2) is 0 Å². The van der Waals surface area contributed by atoms with E-state index in [2.05, 4.69) is 9.71 Å². The fraction of sp³-hybridized carbons (Fsp3) is 0.227. The summed E-state index contributed by atoms with van der Waals surface area (Å²) < 4.78 is 37.1. The predicted molar refractivity (Wildman–Crippen MR) is 114 cm³/mol. The minimum absolute atomic E-state index is 0.0350. The Bertz CT molecular complexity index is 1360. The number of benzene rings is 2. The lowest BCUT2D eigenvalue weighted by atomic mass is 10.1. The van der Waals surface area contributed by atoms with Gasteiger partial charge in [-0.15, -0.1) is 0 Å². The Balaban J connectivity index is 1.41. The molecule has 8 nitrogen and oxygen atoms in total. The second kappa shape index (κ2) is 8.35. The number of ether oxygens (including phenoxy) is 1. The van der Waals surface area contributed by atoms with E-state index in [-0.39, 0.29) is 30.3 Å². The number of hydrogen-bond acceptors (Lipinski definition) is 7. The van der Waals surface area contributed by atoms with E-state index in [1.165, 1.54) is 12.1 Å². The SMILES string of the molecule is CCc1ccc2c(COC(=O)CCN=C3NS(=O)(=O)c4ccccc43)cc(=O)oc2c1. The molecule has 1 aliphatic rings. The van der Waals surface area contributed by atoms with Crippen molar-refractivity contribution in [2.24, 2.45) is 4.99 Å². The quantitative estimate of drug-likeness (QED) is 0.465. The fourth-order valence-corrected chi connectivity index (χ4v) is 4.61. The highest BCUT2D eigenvalue weighted by Gasteiger charge is 2.29. The monoisotopic (exact) mass is 440 g/mol. The molecule has 0 unspecified atom stereocenters. The molecule has 160 valence electrons. The van der Waals surface area contributed by atoms with E-state index in [9.17, 15) is 18.0 Å². The summed E-state index contributed by atoms with van der Waals surface area (Å²) in [5, 5.41) is 0.710. The van der Waals surface area contributed by atoms with E-state index in [0.717, 1.165) is 12.0 Å². The molecule has 1 N–H and O–H groups in total. The zero-order valence-electron chi connectivity index (χ0n) is 16.8. The molecule has 0 amide bonds. The summed E-state index contributed by atoms with van der Waals surface area (Å²) in [7, 11) is -3.62. The van der Waals surface area contributed by atoms with Gasteiger partial charge in [0.1, 0.15) is 18.0 Å². The Morgan fingerprint density at radius 1 is 1.16 bits per heavy atom. The summed E-state index contributed by atoms with van der Waals surface area (Å²) in [6, 6.07) is 13.4. The molecule has 31 heavy (non-hydrogen) atoms. The number of hydrogen-bond donors (Lipinski definition) is 1. The van der Waals surface area contributed by atoms with Gasteiger partial charge in [0.2, 0.25) is 0 Å². The van der Waals surface area contributed by atoms with Gasteiger partial charge in [-0.1, -0.05) is 31.2 Å². The lowest BCUT2D eigenvalue weighted by molar-refractivity contribution is -0.144. The van der Waals surface area contributed by atoms with E-state index in [0.29, 0.717) is 22.1 Å². The van der Waals surface area contributed by atoms with Gasteiger partial charge < -0.3 is 9.15 Å². The van der Waals surface area contributed by atoms with Gasteiger partial charge in [0.25, 0.3) is 10.0 Å². The molecule has 9 heteroatoms. The summed E-state index contributed by atoms with van der Waals surface area (Å²) in [5.41, 5.74) is 2.02. The largest absolute Gasteiger partial charge is 0.461 e. The number of nitrogens with one attached hydrogen (secondary N) is 1. The number of carbonyl (C=O) groups excluding carboxylic acids is 1. The van der Waals surface area contributed by atoms with Crippen LogP contribution in [-0.2, 0) is 32.6 Å². The normalized spacial score (nSPS) is 15.6. The van der Waals surface area contributed by atoms with Gasteiger partial charge >= 0.3 is 11.6 Å². The molecule has 2 aromatic carbocycles. The zero-order chi connectivity index (χ0) is 22.0. The molecule has 0 fully saturated rings. The van der Waals surface area contributed by atoms with Crippen LogP contribution in [0, 0.1) is 0 Å². The molecule has 0 bridgehead atoms. The van der Waals surface area contributed by atoms with Crippen LogP contribution in [0.3, 0.4) is 0 Å². The number of carbonyl (C=O) groups is 1. The molecule has 0 spiro atoms. The minimum atomic E-state index is -3.62. The third-order valence-corrected chi connectivity index (χ3v) is 6.34. The smallest absolute Gasteiger partial charge is 0.336 e. The number of rotatable bonds is 6. The first-order chi connectivity index (χ1) is 14.9. The van der Waals surface area contributed by atoms with Crippen molar-refractivity contribution in [1.29, 1.82) is 0 Å². The van der Waals surface area contributed by atoms with E-state index in [1.54, 1.807) is 24.3 Å². The number of esters is 1. The van der Waals surface area contributed by atoms with Crippen molar-refractivity contribution in [3.63, 3.8) is 0 Å². The molecule has 2 heterocycles. The molecule has 1 aliphatic heterocycles. The molecule has 3 aromatic rings. The minimum Gasteiger partial charge on any atom is -0.461 e. The standard InChI is InChI=1S/C22H20N2O6S/c1-2-14-7-8-16-15(12-21(26)30-18(16)11-14)13-29-20(25)9-10-23-22-17-5-3-4-6-19(17)31(27,28)24-22/h3-8,11-12H,2,9-10,13H2,1H3,(H,23,24). The van der Waals surface area contributed by atoms with Crippen molar-refractivity contribution in [3.8, 4) is 0 Å². The Morgan fingerprint density at radius 2 is 1.97 bits per heavy atom. The molecule has 0 atom stereocenters. The van der Waals surface area contributed by atoms with Gasteiger partial charge in [-0.25, -0.2) is 13.2 Å². The van der Waals surface area contributed by atoms with Crippen molar-refractivity contribution < 1.29 is 22.4 Å². The van der Waals surface area contributed by atoms with Gasteiger partial charge in [-0.05, 0) is 30.2 Å². The second-order valence-corrected chi connectivity index (χ2v) is 8.67. The van der Waals surface area contributed by atoms with Crippen LogP contribution in [0.1, 0.15) is 30.0 Å². The van der Waals surface area contributed by atoms with Crippen LogP contribution in [0.25, 0.3) is 11.0 Å². The Labute approximate surface area is 178 Å². The summed E-state index contributed by atoms with van der Waals surface area (Å²) in [6.45, 7) is 1.99. The Hall–Kier alpha value is -3.46. The van der Waals surface area contributed by atoms with Crippen LogP contribution in [0.4, 0.5) is 0 Å². The van der Waals surface area contributed by atoms with Crippen molar-refractivity contribution in [1.82, 2.24) is 4.72 Å². The highest BCUT2D eigenvalue weighted by molar-refractivity contribution is 7.90. The lowest BCUT2D eigenvalue weighted by Crippen LogP contribution is -2.22.